The fourth-order valence-corrected chi connectivity index (χ4v) is 2.55. The zero-order valence-corrected chi connectivity index (χ0v) is 16.4. The van der Waals surface area contributed by atoms with Crippen molar-refractivity contribution in [1.82, 2.24) is 19.6 Å². The van der Waals surface area contributed by atoms with Crippen LogP contribution in [-0.4, -0.2) is 43.5 Å². The lowest BCUT2D eigenvalue weighted by Gasteiger charge is -2.07. The van der Waals surface area contributed by atoms with Crippen molar-refractivity contribution in [3.63, 3.8) is 0 Å². The number of aryl methyl sites for hydroxylation is 1. The molecule has 12 nitrogen and oxygen atoms in total. The number of carbonyl (C=O) groups excluding carboxylic acids is 2. The molecule has 2 heterocycles. The van der Waals surface area contributed by atoms with Crippen LogP contribution in [-0.2, 0) is 18.0 Å². The predicted octanol–water partition coefficient (Wildman–Crippen LogP) is 2.22. The number of nitrogens with zero attached hydrogens (tertiary/aromatic N) is 5. The van der Waals surface area contributed by atoms with E-state index < -0.39 is 28.3 Å². The molecular weight excluding hydrogens is 415 g/mol. The van der Waals surface area contributed by atoms with Crippen molar-refractivity contribution in [3.05, 3.63) is 64.0 Å². The molecule has 0 aliphatic heterocycles. The lowest BCUT2D eigenvalue weighted by Crippen LogP contribution is -2.16. The molecule has 0 aliphatic rings. The number of aromatic nitrogens is 4. The summed E-state index contributed by atoms with van der Waals surface area (Å²) in [6, 6.07) is 4.20. The van der Waals surface area contributed by atoms with Crippen LogP contribution in [0.1, 0.15) is 27.9 Å². The lowest BCUT2D eigenvalue weighted by atomic mass is 10.3. The van der Waals surface area contributed by atoms with Gasteiger partial charge in [0.05, 0.1) is 17.7 Å². The second-order valence-electron chi connectivity index (χ2n) is 6.08. The van der Waals surface area contributed by atoms with Crippen LogP contribution in [0.15, 0.2) is 36.7 Å². The maximum absolute atomic E-state index is 13.4. The van der Waals surface area contributed by atoms with E-state index in [0.717, 1.165) is 18.2 Å². The Labute approximate surface area is 174 Å². The molecule has 0 saturated heterocycles. The smallest absolute Gasteiger partial charge is 0.360 e. The summed E-state index contributed by atoms with van der Waals surface area (Å²) in [4.78, 5) is 34.7. The molecule has 13 heteroatoms. The summed E-state index contributed by atoms with van der Waals surface area (Å²) in [6.07, 6.45) is 2.88. The minimum Gasteiger partial charge on any atom is -0.464 e. The van der Waals surface area contributed by atoms with Crippen molar-refractivity contribution in [2.45, 2.75) is 20.2 Å². The van der Waals surface area contributed by atoms with Gasteiger partial charge >= 0.3 is 11.7 Å². The van der Waals surface area contributed by atoms with E-state index in [1.807, 2.05) is 6.92 Å². The number of hydrogen-bond donors (Lipinski definition) is 1. The van der Waals surface area contributed by atoms with Gasteiger partial charge in [0.15, 0.2) is 18.1 Å². The lowest BCUT2D eigenvalue weighted by molar-refractivity contribution is -0.386. The third-order valence-corrected chi connectivity index (χ3v) is 4.06. The van der Waals surface area contributed by atoms with Crippen molar-refractivity contribution >= 4 is 23.3 Å². The van der Waals surface area contributed by atoms with Gasteiger partial charge in [0.25, 0.3) is 5.91 Å². The van der Waals surface area contributed by atoms with Gasteiger partial charge in [-0.2, -0.15) is 10.2 Å². The fraction of sp³-hybridized carbons (Fsp3) is 0.222. The molecule has 1 amide bonds. The number of esters is 1. The number of hydrogen-bond acceptors (Lipinski definition) is 8. The van der Waals surface area contributed by atoms with Gasteiger partial charge in [0.2, 0.25) is 5.75 Å². The summed E-state index contributed by atoms with van der Waals surface area (Å²) in [6.45, 7) is 1.97. The van der Waals surface area contributed by atoms with Crippen LogP contribution in [0.2, 0.25) is 0 Å². The van der Waals surface area contributed by atoms with Crippen LogP contribution in [0.4, 0.5) is 15.8 Å². The Morgan fingerprint density at radius 1 is 1.26 bits per heavy atom. The first kappa shape index (κ1) is 21.4. The van der Waals surface area contributed by atoms with Gasteiger partial charge in [0, 0.05) is 31.1 Å². The second kappa shape index (κ2) is 9.02. The van der Waals surface area contributed by atoms with E-state index in [0.29, 0.717) is 6.54 Å². The van der Waals surface area contributed by atoms with Crippen molar-refractivity contribution in [3.8, 4) is 5.75 Å². The molecule has 0 saturated carbocycles. The Morgan fingerprint density at radius 2 is 2.03 bits per heavy atom. The summed E-state index contributed by atoms with van der Waals surface area (Å²) < 4.78 is 26.0. The number of amides is 1. The number of benzene rings is 1. The van der Waals surface area contributed by atoms with Crippen LogP contribution in [0.25, 0.3) is 0 Å². The third-order valence-electron chi connectivity index (χ3n) is 4.06. The minimum atomic E-state index is -0.710. The van der Waals surface area contributed by atoms with E-state index in [9.17, 15) is 24.1 Å². The molecule has 0 atom stereocenters. The topological polar surface area (TPSA) is 143 Å². The fourth-order valence-electron chi connectivity index (χ4n) is 2.55. The number of ether oxygens (including phenoxy) is 2. The number of nitro benzene ring substituents is 1. The summed E-state index contributed by atoms with van der Waals surface area (Å²) >= 11 is 0. The van der Waals surface area contributed by atoms with Gasteiger partial charge in [-0.25, -0.2) is 13.9 Å². The summed E-state index contributed by atoms with van der Waals surface area (Å²) in [7, 11) is 1.20. The highest BCUT2D eigenvalue weighted by molar-refractivity contribution is 6.06. The van der Waals surface area contributed by atoms with Gasteiger partial charge in [-0.05, 0) is 19.1 Å². The molecule has 162 valence electrons. The molecule has 0 bridgehead atoms. The maximum atomic E-state index is 13.4. The molecule has 0 fully saturated rings. The zero-order chi connectivity index (χ0) is 22.5. The van der Waals surface area contributed by atoms with Crippen LogP contribution < -0.4 is 10.1 Å². The average Bonchev–Trinajstić information content (AvgIpc) is 3.38. The van der Waals surface area contributed by atoms with E-state index in [-0.39, 0.29) is 29.6 Å². The summed E-state index contributed by atoms with van der Waals surface area (Å²) in [5.74, 6) is -2.31. The summed E-state index contributed by atoms with van der Waals surface area (Å²) in [5, 5.41) is 21.6. The van der Waals surface area contributed by atoms with E-state index in [4.69, 9.17) is 4.74 Å². The molecule has 2 aromatic heterocycles. The van der Waals surface area contributed by atoms with Crippen LogP contribution in [0.3, 0.4) is 0 Å². The molecule has 3 aromatic rings. The van der Waals surface area contributed by atoms with Crippen molar-refractivity contribution in [1.29, 1.82) is 0 Å². The molecule has 0 radical (unpaired) electrons. The molecule has 0 aliphatic carbocycles. The number of methoxy groups -OCH3 is 1. The Kier molecular flexibility index (Phi) is 6.23. The number of nitrogens with one attached hydrogen (secondary N) is 1. The minimum absolute atomic E-state index is 0.0163. The van der Waals surface area contributed by atoms with Crippen molar-refractivity contribution < 1.29 is 28.4 Å². The molecule has 31 heavy (non-hydrogen) atoms. The monoisotopic (exact) mass is 432 g/mol. The van der Waals surface area contributed by atoms with Crippen molar-refractivity contribution in [2.24, 2.45) is 0 Å². The molecule has 0 unspecified atom stereocenters. The van der Waals surface area contributed by atoms with Crippen LogP contribution in [0.5, 0.6) is 5.75 Å². The van der Waals surface area contributed by atoms with E-state index in [1.165, 1.54) is 34.9 Å². The number of rotatable bonds is 8. The largest absolute Gasteiger partial charge is 0.464 e. The Bertz CT molecular complexity index is 1140. The Morgan fingerprint density at radius 3 is 2.71 bits per heavy atom. The third kappa shape index (κ3) is 4.83. The van der Waals surface area contributed by atoms with Gasteiger partial charge in [-0.3, -0.25) is 19.6 Å². The Balaban J connectivity index is 1.71. The second-order valence-corrected chi connectivity index (χ2v) is 6.08. The molecular formula is C18H17FN6O6. The molecule has 3 rings (SSSR count). The highest BCUT2D eigenvalue weighted by Gasteiger charge is 2.21. The summed E-state index contributed by atoms with van der Waals surface area (Å²) in [5.41, 5.74) is -0.328. The SMILES string of the molecule is CCn1cc(NC(=O)c2ccn(COc3cc(F)ccc3[N+](=O)[O-])n2)c(C(=O)OC)n1. The van der Waals surface area contributed by atoms with Crippen molar-refractivity contribution in [2.75, 3.05) is 12.4 Å². The number of nitro groups is 1. The van der Waals surface area contributed by atoms with Gasteiger partial charge in [-0.15, -0.1) is 0 Å². The predicted molar refractivity (Wildman–Crippen MR) is 103 cm³/mol. The molecule has 0 spiro atoms. The number of halogens is 1. The average molecular weight is 432 g/mol. The first-order valence-electron chi connectivity index (χ1n) is 8.89. The Hall–Kier alpha value is -4.29. The first-order valence-corrected chi connectivity index (χ1v) is 8.89. The highest BCUT2D eigenvalue weighted by Crippen LogP contribution is 2.27. The van der Waals surface area contributed by atoms with Crippen LogP contribution >= 0.6 is 0 Å². The normalized spacial score (nSPS) is 10.5. The van der Waals surface area contributed by atoms with E-state index in [1.54, 1.807) is 0 Å². The van der Waals surface area contributed by atoms with E-state index >= 15 is 0 Å². The van der Waals surface area contributed by atoms with Gasteiger partial charge in [-0.1, -0.05) is 0 Å². The van der Waals surface area contributed by atoms with E-state index in [2.05, 4.69) is 20.3 Å². The zero-order valence-electron chi connectivity index (χ0n) is 16.4. The van der Waals surface area contributed by atoms with Gasteiger partial charge in [0.1, 0.15) is 5.82 Å². The molecule has 1 N–H and O–H groups in total. The molecule has 1 aromatic carbocycles. The van der Waals surface area contributed by atoms with Crippen LogP contribution in [0, 0.1) is 15.9 Å². The number of anilines is 1. The highest BCUT2D eigenvalue weighted by atomic mass is 19.1. The first-order chi connectivity index (χ1) is 14.8. The van der Waals surface area contributed by atoms with Gasteiger partial charge < -0.3 is 14.8 Å². The number of carbonyl (C=O) groups is 2. The standard InChI is InChI=1S/C18H17FN6O6/c1-3-23-9-13(16(22-23)18(27)30-2)20-17(26)12-6-7-24(21-12)10-31-15-8-11(19)4-5-14(15)25(28)29/h4-9H,3,10H2,1-2H3,(H,20,26). The maximum Gasteiger partial charge on any atom is 0.360 e. The quantitative estimate of drug-likeness (QED) is 0.324.